The van der Waals surface area contributed by atoms with Gasteiger partial charge >= 0.3 is 0 Å². The Kier molecular flexibility index (Phi) is 3.78. The third-order valence-electron chi connectivity index (χ3n) is 4.93. The summed E-state index contributed by atoms with van der Waals surface area (Å²) < 4.78 is 5.59. The second kappa shape index (κ2) is 5.55. The highest BCUT2D eigenvalue weighted by Gasteiger charge is 2.46. The minimum absolute atomic E-state index is 0.267. The van der Waals surface area contributed by atoms with Crippen LogP contribution >= 0.6 is 0 Å². The second-order valence-electron chi connectivity index (χ2n) is 6.20. The van der Waals surface area contributed by atoms with Crippen molar-refractivity contribution in [3.63, 3.8) is 0 Å². The molecule has 1 saturated carbocycles. The quantitative estimate of drug-likeness (QED) is 0.914. The molecule has 106 valence electrons. The molecule has 3 nitrogen and oxygen atoms in total. The number of ether oxygens (including phenoxy) is 1. The Labute approximate surface area is 120 Å². The molecule has 2 atom stereocenters. The smallest absolute Gasteiger partial charge is 0.0852 e. The summed E-state index contributed by atoms with van der Waals surface area (Å²) in [6.07, 6.45) is 3.38. The fourth-order valence-corrected chi connectivity index (χ4v) is 3.44. The molecule has 1 aliphatic heterocycles. The minimum atomic E-state index is -0.267. The standard InChI is InChI=1S/C17H22N2O/c1-13-14(7-8-20-13)11-19-16-9-17(10-16,12-18)15-5-3-2-4-6-15/h2-6,13-14,16,19H,7-11H2,1H3. The maximum atomic E-state index is 9.53. The van der Waals surface area contributed by atoms with Crippen molar-refractivity contribution in [2.24, 2.45) is 5.92 Å². The molecular formula is C17H22N2O. The maximum Gasteiger partial charge on any atom is 0.0852 e. The number of nitrogens with zero attached hydrogens (tertiary/aromatic N) is 1. The predicted octanol–water partition coefficient (Wildman–Crippen LogP) is 2.62. The van der Waals surface area contributed by atoms with Gasteiger partial charge in [-0.25, -0.2) is 0 Å². The number of hydrogen-bond acceptors (Lipinski definition) is 3. The summed E-state index contributed by atoms with van der Waals surface area (Å²) in [5, 5.41) is 13.2. The molecule has 0 amide bonds. The highest BCUT2D eigenvalue weighted by molar-refractivity contribution is 5.36. The highest BCUT2D eigenvalue weighted by atomic mass is 16.5. The molecule has 2 aliphatic rings. The van der Waals surface area contributed by atoms with E-state index in [0.29, 0.717) is 18.1 Å². The van der Waals surface area contributed by atoms with Crippen molar-refractivity contribution in [1.29, 1.82) is 5.26 Å². The monoisotopic (exact) mass is 270 g/mol. The fraction of sp³-hybridized carbons (Fsp3) is 0.588. The van der Waals surface area contributed by atoms with Crippen LogP contribution in [0.1, 0.15) is 31.7 Å². The lowest BCUT2D eigenvalue weighted by Gasteiger charge is -2.44. The molecule has 1 heterocycles. The lowest BCUT2D eigenvalue weighted by molar-refractivity contribution is 0.102. The van der Waals surface area contributed by atoms with Crippen LogP contribution in [0.4, 0.5) is 0 Å². The van der Waals surface area contributed by atoms with Gasteiger partial charge in [0.25, 0.3) is 0 Å². The van der Waals surface area contributed by atoms with Crippen molar-refractivity contribution in [2.75, 3.05) is 13.2 Å². The van der Waals surface area contributed by atoms with Crippen molar-refractivity contribution in [2.45, 2.75) is 43.7 Å². The molecule has 3 heteroatoms. The third kappa shape index (κ3) is 2.46. The van der Waals surface area contributed by atoms with E-state index in [9.17, 15) is 5.26 Å². The fourth-order valence-electron chi connectivity index (χ4n) is 3.44. The van der Waals surface area contributed by atoms with Crippen LogP contribution in [-0.4, -0.2) is 25.3 Å². The van der Waals surface area contributed by atoms with E-state index in [1.165, 1.54) is 0 Å². The first kappa shape index (κ1) is 13.6. The Bertz CT molecular complexity index is 487. The predicted molar refractivity (Wildman–Crippen MR) is 78.3 cm³/mol. The number of rotatable bonds is 4. The molecule has 1 N–H and O–H groups in total. The topological polar surface area (TPSA) is 45.0 Å². The van der Waals surface area contributed by atoms with E-state index in [-0.39, 0.29) is 5.41 Å². The van der Waals surface area contributed by atoms with Crippen molar-refractivity contribution >= 4 is 0 Å². The summed E-state index contributed by atoms with van der Waals surface area (Å²) in [4.78, 5) is 0. The van der Waals surface area contributed by atoms with Gasteiger partial charge in [-0.05, 0) is 37.7 Å². The van der Waals surface area contributed by atoms with Gasteiger partial charge < -0.3 is 10.1 Å². The molecule has 3 rings (SSSR count). The van der Waals surface area contributed by atoms with E-state index in [1.54, 1.807) is 0 Å². The van der Waals surface area contributed by atoms with Gasteiger partial charge in [-0.1, -0.05) is 30.3 Å². The largest absolute Gasteiger partial charge is 0.378 e. The Morgan fingerprint density at radius 2 is 2.10 bits per heavy atom. The summed E-state index contributed by atoms with van der Waals surface area (Å²) in [6.45, 7) is 4.07. The van der Waals surface area contributed by atoms with Crippen LogP contribution < -0.4 is 5.32 Å². The SMILES string of the molecule is CC1OCCC1CNC1CC(C#N)(c2ccccc2)C1. The Morgan fingerprint density at radius 1 is 1.35 bits per heavy atom. The first-order valence-corrected chi connectivity index (χ1v) is 7.55. The van der Waals surface area contributed by atoms with Gasteiger partial charge in [0.2, 0.25) is 0 Å². The van der Waals surface area contributed by atoms with Crippen LogP contribution in [0.2, 0.25) is 0 Å². The first-order chi connectivity index (χ1) is 9.73. The molecule has 1 aromatic rings. The Morgan fingerprint density at radius 3 is 2.70 bits per heavy atom. The molecule has 0 spiro atoms. The van der Waals surface area contributed by atoms with E-state index < -0.39 is 0 Å². The second-order valence-corrected chi connectivity index (χ2v) is 6.20. The number of nitriles is 1. The lowest BCUT2D eigenvalue weighted by Crippen LogP contribution is -2.52. The maximum absolute atomic E-state index is 9.53. The van der Waals surface area contributed by atoms with Crippen molar-refractivity contribution in [1.82, 2.24) is 5.32 Å². The molecule has 1 aromatic carbocycles. The average molecular weight is 270 g/mol. The number of nitrogens with one attached hydrogen (secondary N) is 1. The zero-order valence-electron chi connectivity index (χ0n) is 12.0. The highest BCUT2D eigenvalue weighted by Crippen LogP contribution is 2.43. The van der Waals surface area contributed by atoms with Crippen LogP contribution in [0, 0.1) is 17.2 Å². The summed E-state index contributed by atoms with van der Waals surface area (Å²) in [5.74, 6) is 0.629. The zero-order chi connectivity index (χ0) is 14.0. The van der Waals surface area contributed by atoms with E-state index >= 15 is 0 Å². The summed E-state index contributed by atoms with van der Waals surface area (Å²) in [5.41, 5.74) is 0.898. The summed E-state index contributed by atoms with van der Waals surface area (Å²) >= 11 is 0. The van der Waals surface area contributed by atoms with E-state index in [1.807, 2.05) is 18.2 Å². The molecule has 2 unspecified atom stereocenters. The van der Waals surface area contributed by atoms with Gasteiger partial charge in [-0.2, -0.15) is 5.26 Å². The van der Waals surface area contributed by atoms with Crippen molar-refractivity contribution < 1.29 is 4.74 Å². The van der Waals surface area contributed by atoms with E-state index in [2.05, 4.69) is 30.4 Å². The summed E-state index contributed by atoms with van der Waals surface area (Å²) in [7, 11) is 0. The molecule has 0 aromatic heterocycles. The van der Waals surface area contributed by atoms with Gasteiger partial charge in [-0.3, -0.25) is 0 Å². The van der Waals surface area contributed by atoms with E-state index in [0.717, 1.165) is 38.0 Å². The minimum Gasteiger partial charge on any atom is -0.378 e. The van der Waals surface area contributed by atoms with Gasteiger partial charge in [0, 0.05) is 19.2 Å². The van der Waals surface area contributed by atoms with Crippen molar-refractivity contribution in [3.8, 4) is 6.07 Å². The van der Waals surface area contributed by atoms with Gasteiger partial charge in [0.15, 0.2) is 0 Å². The van der Waals surface area contributed by atoms with Crippen molar-refractivity contribution in [3.05, 3.63) is 35.9 Å². The van der Waals surface area contributed by atoms with Gasteiger partial charge in [0.05, 0.1) is 17.6 Å². The van der Waals surface area contributed by atoms with Crippen LogP contribution in [0.5, 0.6) is 0 Å². The normalized spacial score (nSPS) is 36.3. The third-order valence-corrected chi connectivity index (χ3v) is 4.93. The van der Waals surface area contributed by atoms with Gasteiger partial charge in [-0.15, -0.1) is 0 Å². The molecule has 1 saturated heterocycles. The van der Waals surface area contributed by atoms with E-state index in [4.69, 9.17) is 4.74 Å². The summed E-state index contributed by atoms with van der Waals surface area (Å²) in [6, 6.07) is 13.2. The van der Waals surface area contributed by atoms with Crippen LogP contribution in [0.3, 0.4) is 0 Å². The molecular weight excluding hydrogens is 248 g/mol. The lowest BCUT2D eigenvalue weighted by atomic mass is 9.62. The zero-order valence-corrected chi connectivity index (χ0v) is 12.0. The Hall–Kier alpha value is -1.37. The van der Waals surface area contributed by atoms with Crippen LogP contribution in [0.15, 0.2) is 30.3 Å². The number of hydrogen-bond donors (Lipinski definition) is 1. The number of benzene rings is 1. The molecule has 2 fully saturated rings. The molecule has 0 radical (unpaired) electrons. The molecule has 0 bridgehead atoms. The molecule has 20 heavy (non-hydrogen) atoms. The first-order valence-electron chi connectivity index (χ1n) is 7.55. The average Bonchev–Trinajstić information content (AvgIpc) is 2.84. The Balaban J connectivity index is 1.53. The van der Waals surface area contributed by atoms with Crippen LogP contribution in [-0.2, 0) is 10.2 Å². The molecule has 1 aliphatic carbocycles. The van der Waals surface area contributed by atoms with Gasteiger partial charge in [0.1, 0.15) is 0 Å². The van der Waals surface area contributed by atoms with Crippen LogP contribution in [0.25, 0.3) is 0 Å².